The molecule has 0 aromatic carbocycles. The van der Waals surface area contributed by atoms with Crippen LogP contribution in [0.1, 0.15) is 57.8 Å². The molecule has 0 aromatic rings. The summed E-state index contributed by atoms with van der Waals surface area (Å²) in [6.45, 7) is 1.27. The fraction of sp³-hybridized carbons (Fsp3) is 0.778. The maximum Gasteiger partial charge on any atom is 0.0583 e. The smallest absolute Gasteiger partial charge is 0.0583 e. The molecule has 112 valence electrons. The van der Waals surface area contributed by atoms with Gasteiger partial charge in [0.05, 0.1) is 6.10 Å². The van der Waals surface area contributed by atoms with Crippen LogP contribution in [0.3, 0.4) is 0 Å². The van der Waals surface area contributed by atoms with Crippen molar-refractivity contribution < 1.29 is 5.11 Å². The van der Waals surface area contributed by atoms with Gasteiger partial charge in [-0.25, -0.2) is 0 Å². The second-order valence-electron chi connectivity index (χ2n) is 7.01. The predicted molar refractivity (Wildman–Crippen MR) is 83.6 cm³/mol. The van der Waals surface area contributed by atoms with Gasteiger partial charge < -0.3 is 10.0 Å². The van der Waals surface area contributed by atoms with E-state index in [-0.39, 0.29) is 6.10 Å². The van der Waals surface area contributed by atoms with E-state index >= 15 is 0 Å². The highest BCUT2D eigenvalue weighted by Gasteiger charge is 2.29. The van der Waals surface area contributed by atoms with Crippen molar-refractivity contribution >= 4 is 0 Å². The van der Waals surface area contributed by atoms with Gasteiger partial charge in [0, 0.05) is 6.04 Å². The largest absolute Gasteiger partial charge is 0.393 e. The number of hydrogen-bond acceptors (Lipinski definition) is 2. The summed E-state index contributed by atoms with van der Waals surface area (Å²) in [6, 6.07) is 0.783. The number of piperidine rings is 1. The molecule has 1 aliphatic heterocycles. The Bertz CT molecular complexity index is 398. The monoisotopic (exact) mass is 275 g/mol. The zero-order valence-electron chi connectivity index (χ0n) is 12.9. The topological polar surface area (TPSA) is 23.5 Å². The van der Waals surface area contributed by atoms with Crippen molar-refractivity contribution in [2.75, 3.05) is 13.6 Å². The van der Waals surface area contributed by atoms with Gasteiger partial charge in [-0.1, -0.05) is 29.7 Å². The van der Waals surface area contributed by atoms with Gasteiger partial charge in [0.15, 0.2) is 0 Å². The molecule has 0 aromatic heterocycles. The molecule has 20 heavy (non-hydrogen) atoms. The number of allylic oxidation sites excluding steroid dienone is 3. The minimum atomic E-state index is -0.0886. The van der Waals surface area contributed by atoms with E-state index in [1.807, 2.05) is 0 Å². The minimum absolute atomic E-state index is 0.0886. The number of hydrogen-bond donors (Lipinski definition) is 1. The Morgan fingerprint density at radius 2 is 2.05 bits per heavy atom. The summed E-state index contributed by atoms with van der Waals surface area (Å²) in [5.41, 5.74) is 3.23. The Morgan fingerprint density at radius 1 is 1.20 bits per heavy atom. The summed E-state index contributed by atoms with van der Waals surface area (Å²) in [4.78, 5) is 2.55. The van der Waals surface area contributed by atoms with Gasteiger partial charge in [-0.3, -0.25) is 0 Å². The van der Waals surface area contributed by atoms with Crippen LogP contribution < -0.4 is 0 Å². The van der Waals surface area contributed by atoms with E-state index in [9.17, 15) is 5.11 Å². The molecule has 3 rings (SSSR count). The zero-order chi connectivity index (χ0) is 13.9. The fourth-order valence-electron chi connectivity index (χ4n) is 4.41. The fourth-order valence-corrected chi connectivity index (χ4v) is 4.41. The first-order valence-electron chi connectivity index (χ1n) is 8.48. The molecule has 2 aliphatic carbocycles. The van der Waals surface area contributed by atoms with E-state index < -0.39 is 0 Å². The second kappa shape index (κ2) is 6.44. The summed E-state index contributed by atoms with van der Waals surface area (Å²) in [7, 11) is 2.29. The van der Waals surface area contributed by atoms with Gasteiger partial charge in [0.25, 0.3) is 0 Å². The average molecular weight is 275 g/mol. The minimum Gasteiger partial charge on any atom is -0.393 e. The molecule has 2 nitrogen and oxygen atoms in total. The van der Waals surface area contributed by atoms with Gasteiger partial charge in [-0.05, 0) is 70.9 Å². The van der Waals surface area contributed by atoms with E-state index in [2.05, 4.69) is 24.1 Å². The third-order valence-corrected chi connectivity index (χ3v) is 5.62. The van der Waals surface area contributed by atoms with Gasteiger partial charge in [-0.2, -0.15) is 0 Å². The molecule has 3 atom stereocenters. The lowest BCUT2D eigenvalue weighted by Gasteiger charge is -2.36. The molecule has 0 bridgehead atoms. The standard InChI is InChI=1S/C18H29NO/c1-19-11-5-4-7-16(19)10-9-15-13-17(20)12-14-6-2-3-8-18(14)15/h2-3,15-17,20H,4-13H2,1H3. The highest BCUT2D eigenvalue weighted by molar-refractivity contribution is 5.29. The third-order valence-electron chi connectivity index (χ3n) is 5.62. The van der Waals surface area contributed by atoms with E-state index in [1.54, 1.807) is 11.1 Å². The number of aliphatic hydroxyl groups excluding tert-OH is 1. The van der Waals surface area contributed by atoms with Crippen LogP contribution in [0.2, 0.25) is 0 Å². The lowest BCUT2D eigenvalue weighted by atomic mass is 9.74. The molecule has 1 saturated heterocycles. The Labute approximate surface area is 123 Å². The maximum absolute atomic E-state index is 10.1. The molecule has 0 radical (unpaired) electrons. The van der Waals surface area contributed by atoms with Crippen molar-refractivity contribution in [2.45, 2.75) is 69.9 Å². The first kappa shape index (κ1) is 14.3. The molecule has 0 spiro atoms. The molecular weight excluding hydrogens is 246 g/mol. The molecule has 1 fully saturated rings. The molecule has 2 heteroatoms. The summed E-state index contributed by atoms with van der Waals surface area (Å²) >= 11 is 0. The van der Waals surface area contributed by atoms with E-state index in [1.165, 1.54) is 38.6 Å². The van der Waals surface area contributed by atoms with Gasteiger partial charge in [0.2, 0.25) is 0 Å². The van der Waals surface area contributed by atoms with E-state index in [4.69, 9.17) is 0 Å². The summed E-state index contributed by atoms with van der Waals surface area (Å²) in [6.07, 6.45) is 15.4. The number of rotatable bonds is 3. The zero-order valence-corrected chi connectivity index (χ0v) is 12.9. The lowest BCUT2D eigenvalue weighted by molar-refractivity contribution is 0.125. The van der Waals surface area contributed by atoms with Crippen LogP contribution in [0.4, 0.5) is 0 Å². The van der Waals surface area contributed by atoms with Crippen LogP contribution >= 0.6 is 0 Å². The SMILES string of the molecule is CN1CCCCC1CCC1CC(O)CC2=C1CC=CC2. The van der Waals surface area contributed by atoms with Crippen molar-refractivity contribution in [1.29, 1.82) is 0 Å². The van der Waals surface area contributed by atoms with Crippen LogP contribution in [-0.4, -0.2) is 35.7 Å². The molecule has 1 heterocycles. The summed E-state index contributed by atoms with van der Waals surface area (Å²) in [5, 5.41) is 10.1. The molecule has 3 aliphatic rings. The Balaban J connectivity index is 1.60. The maximum atomic E-state index is 10.1. The van der Waals surface area contributed by atoms with Crippen LogP contribution in [0.25, 0.3) is 0 Å². The number of aliphatic hydroxyl groups is 1. The van der Waals surface area contributed by atoms with Crippen molar-refractivity contribution in [3.8, 4) is 0 Å². The van der Waals surface area contributed by atoms with Crippen LogP contribution in [0, 0.1) is 5.92 Å². The van der Waals surface area contributed by atoms with Crippen molar-refractivity contribution in [2.24, 2.45) is 5.92 Å². The number of nitrogens with zero attached hydrogens (tertiary/aromatic N) is 1. The number of likely N-dealkylation sites (tertiary alicyclic amines) is 1. The Kier molecular flexibility index (Phi) is 4.62. The highest BCUT2D eigenvalue weighted by Crippen LogP contribution is 2.39. The predicted octanol–water partition coefficient (Wildman–Crippen LogP) is 3.67. The van der Waals surface area contributed by atoms with Gasteiger partial charge >= 0.3 is 0 Å². The van der Waals surface area contributed by atoms with Crippen LogP contribution in [-0.2, 0) is 0 Å². The molecular formula is C18H29NO. The van der Waals surface area contributed by atoms with E-state index in [0.717, 1.165) is 31.7 Å². The van der Waals surface area contributed by atoms with Crippen molar-refractivity contribution in [3.05, 3.63) is 23.3 Å². The first-order valence-corrected chi connectivity index (χ1v) is 8.48. The van der Waals surface area contributed by atoms with Gasteiger partial charge in [0.1, 0.15) is 0 Å². The molecule has 0 saturated carbocycles. The summed E-state index contributed by atoms with van der Waals surface area (Å²) in [5.74, 6) is 0.647. The Hall–Kier alpha value is -0.600. The average Bonchev–Trinajstić information content (AvgIpc) is 2.46. The molecule has 1 N–H and O–H groups in total. The van der Waals surface area contributed by atoms with Crippen molar-refractivity contribution in [1.82, 2.24) is 4.90 Å². The highest BCUT2D eigenvalue weighted by atomic mass is 16.3. The van der Waals surface area contributed by atoms with Crippen LogP contribution in [0.15, 0.2) is 23.3 Å². The van der Waals surface area contributed by atoms with Crippen molar-refractivity contribution in [3.63, 3.8) is 0 Å². The quantitative estimate of drug-likeness (QED) is 0.794. The normalized spacial score (nSPS) is 35.2. The Morgan fingerprint density at radius 3 is 2.90 bits per heavy atom. The third kappa shape index (κ3) is 3.17. The first-order chi connectivity index (χ1) is 9.74. The molecule has 3 unspecified atom stereocenters. The second-order valence-corrected chi connectivity index (χ2v) is 7.01. The van der Waals surface area contributed by atoms with Gasteiger partial charge in [-0.15, -0.1) is 0 Å². The van der Waals surface area contributed by atoms with E-state index in [0.29, 0.717) is 5.92 Å². The lowest BCUT2D eigenvalue weighted by Crippen LogP contribution is -2.36. The molecule has 0 amide bonds. The summed E-state index contributed by atoms with van der Waals surface area (Å²) < 4.78 is 0. The van der Waals surface area contributed by atoms with Crippen LogP contribution in [0.5, 0.6) is 0 Å².